The van der Waals surface area contributed by atoms with E-state index < -0.39 is 17.4 Å². The van der Waals surface area contributed by atoms with Gasteiger partial charge in [0.25, 0.3) is 0 Å². The molecule has 178 valence electrons. The highest BCUT2D eigenvalue weighted by atomic mass is 19.1. The van der Waals surface area contributed by atoms with Gasteiger partial charge in [-0.2, -0.15) is 0 Å². The minimum atomic E-state index is -0.555. The van der Waals surface area contributed by atoms with E-state index in [1.807, 2.05) is 34.6 Å². The van der Waals surface area contributed by atoms with E-state index in [0.29, 0.717) is 30.9 Å². The molecular formula is C24H32FN5O3. The van der Waals surface area contributed by atoms with Crippen LogP contribution in [0.1, 0.15) is 40.2 Å². The van der Waals surface area contributed by atoms with Gasteiger partial charge in [0.15, 0.2) is 5.82 Å². The lowest BCUT2D eigenvalue weighted by atomic mass is 10.1. The second-order valence-electron chi connectivity index (χ2n) is 9.36. The van der Waals surface area contributed by atoms with E-state index in [1.165, 1.54) is 12.3 Å². The SMILES string of the molecule is CC1CN(C(=O)OC(C)(C)C)CC(C)N1Cc1cccc(NC(=O)Nc2cccnc2)c1F. The molecule has 1 fully saturated rings. The fraction of sp³-hybridized carbons (Fsp3) is 0.458. The Bertz CT molecular complexity index is 968. The van der Waals surface area contributed by atoms with Crippen LogP contribution in [-0.2, 0) is 11.3 Å². The highest BCUT2D eigenvalue weighted by Gasteiger charge is 2.34. The number of pyridine rings is 1. The normalized spacial score (nSPS) is 19.2. The Kier molecular flexibility index (Phi) is 7.53. The average Bonchev–Trinajstić information content (AvgIpc) is 2.72. The van der Waals surface area contributed by atoms with E-state index in [1.54, 1.807) is 35.4 Å². The van der Waals surface area contributed by atoms with Gasteiger partial charge >= 0.3 is 12.1 Å². The van der Waals surface area contributed by atoms with Crippen molar-refractivity contribution in [3.63, 3.8) is 0 Å². The number of amides is 3. The van der Waals surface area contributed by atoms with Crippen molar-refractivity contribution in [3.05, 3.63) is 54.1 Å². The number of hydrogen-bond donors (Lipinski definition) is 2. The van der Waals surface area contributed by atoms with Crippen LogP contribution in [0.15, 0.2) is 42.7 Å². The van der Waals surface area contributed by atoms with Gasteiger partial charge in [-0.1, -0.05) is 12.1 Å². The lowest BCUT2D eigenvalue weighted by molar-refractivity contribution is -0.00990. The van der Waals surface area contributed by atoms with Crippen LogP contribution in [0.3, 0.4) is 0 Å². The summed E-state index contributed by atoms with van der Waals surface area (Å²) in [6.45, 7) is 10.9. The molecule has 3 amide bonds. The molecule has 1 saturated heterocycles. The molecule has 2 atom stereocenters. The number of rotatable bonds is 4. The summed E-state index contributed by atoms with van der Waals surface area (Å²) in [5, 5.41) is 5.19. The van der Waals surface area contributed by atoms with Crippen LogP contribution < -0.4 is 10.6 Å². The highest BCUT2D eigenvalue weighted by Crippen LogP contribution is 2.25. The summed E-state index contributed by atoms with van der Waals surface area (Å²) in [5.41, 5.74) is 0.526. The van der Waals surface area contributed by atoms with Gasteiger partial charge in [-0.15, -0.1) is 0 Å². The van der Waals surface area contributed by atoms with Crippen molar-refractivity contribution in [2.45, 2.75) is 58.8 Å². The minimum Gasteiger partial charge on any atom is -0.444 e. The van der Waals surface area contributed by atoms with E-state index in [-0.39, 0.29) is 23.9 Å². The quantitative estimate of drug-likeness (QED) is 0.695. The molecule has 8 nitrogen and oxygen atoms in total. The first-order valence-electron chi connectivity index (χ1n) is 11.0. The fourth-order valence-corrected chi connectivity index (χ4v) is 3.86. The molecule has 1 aliphatic heterocycles. The lowest BCUT2D eigenvalue weighted by Gasteiger charge is -2.44. The average molecular weight is 458 g/mol. The molecule has 2 unspecified atom stereocenters. The van der Waals surface area contributed by atoms with Crippen LogP contribution >= 0.6 is 0 Å². The van der Waals surface area contributed by atoms with Crippen molar-refractivity contribution in [2.24, 2.45) is 0 Å². The fourth-order valence-electron chi connectivity index (χ4n) is 3.86. The molecular weight excluding hydrogens is 425 g/mol. The minimum absolute atomic E-state index is 0.00571. The van der Waals surface area contributed by atoms with Crippen molar-refractivity contribution in [3.8, 4) is 0 Å². The third kappa shape index (κ3) is 6.64. The second-order valence-corrected chi connectivity index (χ2v) is 9.36. The largest absolute Gasteiger partial charge is 0.444 e. The Hall–Kier alpha value is -3.20. The molecule has 3 rings (SSSR count). The van der Waals surface area contributed by atoms with E-state index in [0.717, 1.165) is 0 Å². The van der Waals surface area contributed by atoms with Crippen molar-refractivity contribution >= 4 is 23.5 Å². The number of ether oxygens (including phenoxy) is 1. The summed E-state index contributed by atoms with van der Waals surface area (Å²) < 4.78 is 20.7. The first kappa shape index (κ1) is 24.4. The van der Waals surface area contributed by atoms with Crippen molar-refractivity contribution in [1.82, 2.24) is 14.8 Å². The third-order valence-electron chi connectivity index (χ3n) is 5.35. The number of carbonyl (C=O) groups excluding carboxylic acids is 2. The maximum Gasteiger partial charge on any atom is 0.410 e. The Morgan fingerprint density at radius 3 is 2.42 bits per heavy atom. The van der Waals surface area contributed by atoms with Gasteiger partial charge in [0.2, 0.25) is 0 Å². The summed E-state index contributed by atoms with van der Waals surface area (Å²) in [4.78, 5) is 32.5. The van der Waals surface area contributed by atoms with E-state index in [2.05, 4.69) is 20.5 Å². The standard InChI is InChI=1S/C24H32FN5O3/c1-16-13-29(23(32)33-24(3,4)5)14-17(2)30(16)15-18-8-6-10-20(21(18)25)28-22(31)27-19-9-7-11-26-12-19/h6-12,16-17H,13-15H2,1-5H3,(H2,27,28,31). The number of anilines is 2. The zero-order chi connectivity index (χ0) is 24.2. The van der Waals surface area contributed by atoms with Crippen molar-refractivity contribution < 1.29 is 18.7 Å². The van der Waals surface area contributed by atoms with Gasteiger partial charge in [-0.25, -0.2) is 14.0 Å². The first-order chi connectivity index (χ1) is 15.5. The Morgan fingerprint density at radius 2 is 1.82 bits per heavy atom. The third-order valence-corrected chi connectivity index (χ3v) is 5.35. The summed E-state index contributed by atoms with van der Waals surface area (Å²) >= 11 is 0. The molecule has 9 heteroatoms. The van der Waals surface area contributed by atoms with E-state index in [9.17, 15) is 9.59 Å². The van der Waals surface area contributed by atoms with Gasteiger partial charge in [-0.3, -0.25) is 9.88 Å². The monoisotopic (exact) mass is 457 g/mol. The van der Waals surface area contributed by atoms with Gasteiger partial charge in [0.05, 0.1) is 17.6 Å². The summed E-state index contributed by atoms with van der Waals surface area (Å²) in [7, 11) is 0. The Balaban J connectivity index is 1.65. The van der Waals surface area contributed by atoms with Crippen LogP contribution in [0.4, 0.5) is 25.4 Å². The molecule has 1 aliphatic rings. The molecule has 0 radical (unpaired) electrons. The Morgan fingerprint density at radius 1 is 1.12 bits per heavy atom. The zero-order valence-electron chi connectivity index (χ0n) is 19.8. The molecule has 2 N–H and O–H groups in total. The predicted octanol–water partition coefficient (Wildman–Crippen LogP) is 4.69. The number of piperazine rings is 1. The second kappa shape index (κ2) is 10.2. The highest BCUT2D eigenvalue weighted by molar-refractivity contribution is 5.99. The van der Waals surface area contributed by atoms with Crippen LogP contribution in [0.5, 0.6) is 0 Å². The summed E-state index contributed by atoms with van der Waals surface area (Å²) in [6.07, 6.45) is 2.77. The van der Waals surface area contributed by atoms with Gasteiger partial charge in [0, 0.05) is 43.5 Å². The van der Waals surface area contributed by atoms with Crippen LogP contribution in [-0.4, -0.2) is 57.7 Å². The maximum absolute atomic E-state index is 15.2. The smallest absolute Gasteiger partial charge is 0.410 e. The molecule has 1 aromatic heterocycles. The first-order valence-corrected chi connectivity index (χ1v) is 11.0. The number of benzene rings is 1. The number of halogens is 1. The van der Waals surface area contributed by atoms with Crippen molar-refractivity contribution in [1.29, 1.82) is 0 Å². The topological polar surface area (TPSA) is 86.8 Å². The van der Waals surface area contributed by atoms with Crippen LogP contribution in [0.2, 0.25) is 0 Å². The van der Waals surface area contributed by atoms with Gasteiger partial charge in [0.1, 0.15) is 5.60 Å². The molecule has 1 aromatic carbocycles. The zero-order valence-corrected chi connectivity index (χ0v) is 19.8. The molecule has 0 spiro atoms. The summed E-state index contributed by atoms with van der Waals surface area (Å²) in [6, 6.07) is 7.79. The van der Waals surface area contributed by atoms with Gasteiger partial charge < -0.3 is 20.3 Å². The number of nitrogens with one attached hydrogen (secondary N) is 2. The number of aromatic nitrogens is 1. The van der Waals surface area contributed by atoms with Gasteiger partial charge in [-0.05, 0) is 52.8 Å². The number of carbonyl (C=O) groups is 2. The van der Waals surface area contributed by atoms with Crippen molar-refractivity contribution in [2.75, 3.05) is 23.7 Å². The van der Waals surface area contributed by atoms with Crippen LogP contribution in [0, 0.1) is 5.82 Å². The number of nitrogens with zero attached hydrogens (tertiary/aromatic N) is 3. The molecule has 2 aromatic rings. The predicted molar refractivity (Wildman–Crippen MR) is 126 cm³/mol. The molecule has 2 heterocycles. The number of urea groups is 1. The molecule has 0 aliphatic carbocycles. The Labute approximate surface area is 194 Å². The van der Waals surface area contributed by atoms with E-state index in [4.69, 9.17) is 4.74 Å². The summed E-state index contributed by atoms with van der Waals surface area (Å²) in [5.74, 6) is -0.479. The number of hydrogen-bond acceptors (Lipinski definition) is 5. The molecule has 0 saturated carbocycles. The van der Waals surface area contributed by atoms with E-state index >= 15 is 4.39 Å². The molecule has 0 bridgehead atoms. The molecule has 33 heavy (non-hydrogen) atoms. The maximum atomic E-state index is 15.2. The van der Waals surface area contributed by atoms with Crippen LogP contribution in [0.25, 0.3) is 0 Å². The lowest BCUT2D eigenvalue weighted by Crippen LogP contribution is -2.58.